The molecule has 0 saturated carbocycles. The Morgan fingerprint density at radius 1 is 1.42 bits per heavy atom. The van der Waals surface area contributed by atoms with Crippen molar-refractivity contribution in [1.29, 1.82) is 0 Å². The molecule has 0 fully saturated rings. The highest BCUT2D eigenvalue weighted by atomic mass is 32.1. The van der Waals surface area contributed by atoms with Gasteiger partial charge in [0, 0.05) is 30.3 Å². The van der Waals surface area contributed by atoms with Crippen LogP contribution in [0.3, 0.4) is 0 Å². The summed E-state index contributed by atoms with van der Waals surface area (Å²) in [5.41, 5.74) is 0.00733. The summed E-state index contributed by atoms with van der Waals surface area (Å²) in [6.45, 7) is 9.07. The summed E-state index contributed by atoms with van der Waals surface area (Å²) in [6.07, 6.45) is 1.09. The van der Waals surface area contributed by atoms with E-state index in [9.17, 15) is 4.79 Å². The van der Waals surface area contributed by atoms with E-state index >= 15 is 0 Å². The lowest BCUT2D eigenvalue weighted by Crippen LogP contribution is -2.27. The van der Waals surface area contributed by atoms with Crippen LogP contribution < -0.4 is 15.0 Å². The molecule has 0 aliphatic carbocycles. The number of nitrogens with one attached hydrogen (secondary N) is 1. The Morgan fingerprint density at radius 3 is 2.83 bits per heavy atom. The lowest BCUT2D eigenvalue weighted by atomic mass is 10.2. The molecule has 0 bridgehead atoms. The minimum absolute atomic E-state index is 0.396. The average molecular weight is 348 g/mol. The molecule has 2 aromatic rings. The summed E-state index contributed by atoms with van der Waals surface area (Å²) in [4.78, 5) is 17.7. The topological polar surface area (TPSA) is 76.6 Å². The highest BCUT2D eigenvalue weighted by Crippen LogP contribution is 2.27. The Labute approximate surface area is 145 Å². The zero-order valence-corrected chi connectivity index (χ0v) is 14.9. The van der Waals surface area contributed by atoms with Crippen molar-refractivity contribution in [3.8, 4) is 10.9 Å². The number of ether oxygens (including phenoxy) is 2. The fraction of sp³-hybridized carbons (Fsp3) is 0.312. The van der Waals surface area contributed by atoms with E-state index in [1.54, 1.807) is 63.2 Å². The van der Waals surface area contributed by atoms with Crippen molar-refractivity contribution >= 4 is 29.3 Å². The molecule has 0 saturated heterocycles. The molecule has 0 unspecified atom stereocenters. The highest BCUT2D eigenvalue weighted by molar-refractivity contribution is 7.07. The van der Waals surface area contributed by atoms with Crippen LogP contribution >= 0.6 is 11.5 Å². The largest absolute Gasteiger partial charge is 0.444 e. The van der Waals surface area contributed by atoms with Crippen molar-refractivity contribution < 1.29 is 14.3 Å². The maximum Gasteiger partial charge on any atom is 0.412 e. The standard InChI is InChI=1S/C16H20N4O3S/c1-6-20(5)13-18-15(24-19-13)22-12-9-7-8-11(10-12)17-14(21)23-16(2,3)4/h6-10H,1H2,2-5H3,(H,17,21). The molecule has 1 aromatic heterocycles. The predicted octanol–water partition coefficient (Wildman–Crippen LogP) is 4.26. The maximum atomic E-state index is 11.8. The number of hydrogen-bond donors (Lipinski definition) is 1. The quantitative estimate of drug-likeness (QED) is 0.870. The van der Waals surface area contributed by atoms with Gasteiger partial charge in [0.1, 0.15) is 11.4 Å². The van der Waals surface area contributed by atoms with Gasteiger partial charge in [0.15, 0.2) is 0 Å². The number of benzene rings is 1. The molecule has 0 aliphatic heterocycles. The van der Waals surface area contributed by atoms with Crippen LogP contribution in [-0.4, -0.2) is 28.1 Å². The van der Waals surface area contributed by atoms with Gasteiger partial charge in [-0.2, -0.15) is 4.98 Å². The van der Waals surface area contributed by atoms with Gasteiger partial charge in [-0.15, -0.1) is 4.37 Å². The maximum absolute atomic E-state index is 11.8. The molecule has 0 aliphatic rings. The van der Waals surface area contributed by atoms with Gasteiger partial charge in [0.05, 0.1) is 0 Å². The van der Waals surface area contributed by atoms with Crippen LogP contribution in [0.15, 0.2) is 37.0 Å². The molecular weight excluding hydrogens is 328 g/mol. The van der Waals surface area contributed by atoms with E-state index in [4.69, 9.17) is 9.47 Å². The Bertz CT molecular complexity index is 724. The van der Waals surface area contributed by atoms with Crippen LogP contribution in [0.1, 0.15) is 20.8 Å². The summed E-state index contributed by atoms with van der Waals surface area (Å²) in [6, 6.07) is 6.95. The minimum atomic E-state index is -0.557. The van der Waals surface area contributed by atoms with Crippen LogP contribution in [0.25, 0.3) is 0 Å². The van der Waals surface area contributed by atoms with Gasteiger partial charge in [-0.1, -0.05) is 12.6 Å². The lowest BCUT2D eigenvalue weighted by Gasteiger charge is -2.19. The number of carbonyl (C=O) groups is 1. The van der Waals surface area contributed by atoms with E-state index in [0.717, 1.165) is 11.5 Å². The monoisotopic (exact) mass is 348 g/mol. The number of amides is 1. The number of anilines is 2. The van der Waals surface area contributed by atoms with Crippen LogP contribution in [0.2, 0.25) is 0 Å². The third-order valence-electron chi connectivity index (χ3n) is 2.67. The SMILES string of the molecule is C=CN(C)c1nsc(Oc2cccc(NC(=O)OC(C)(C)C)c2)n1. The number of hydrogen-bond acceptors (Lipinski definition) is 7. The van der Waals surface area contributed by atoms with Gasteiger partial charge >= 0.3 is 6.09 Å². The van der Waals surface area contributed by atoms with Gasteiger partial charge < -0.3 is 14.4 Å². The van der Waals surface area contributed by atoms with E-state index in [0.29, 0.717) is 22.6 Å². The van der Waals surface area contributed by atoms with Gasteiger partial charge in [0.25, 0.3) is 5.19 Å². The van der Waals surface area contributed by atoms with E-state index < -0.39 is 11.7 Å². The van der Waals surface area contributed by atoms with Crippen molar-refractivity contribution in [3.05, 3.63) is 37.0 Å². The lowest BCUT2D eigenvalue weighted by molar-refractivity contribution is 0.0636. The van der Waals surface area contributed by atoms with E-state index in [1.807, 2.05) is 0 Å². The number of nitrogens with zero attached hydrogens (tertiary/aromatic N) is 3. The molecule has 7 nitrogen and oxygen atoms in total. The van der Waals surface area contributed by atoms with Gasteiger partial charge in [-0.3, -0.25) is 5.32 Å². The number of rotatable bonds is 5. The Hall–Kier alpha value is -2.61. The average Bonchev–Trinajstić information content (AvgIpc) is 2.93. The first-order valence-corrected chi connectivity index (χ1v) is 8.01. The van der Waals surface area contributed by atoms with Crippen molar-refractivity contribution in [2.75, 3.05) is 17.3 Å². The van der Waals surface area contributed by atoms with E-state index in [-0.39, 0.29) is 0 Å². The summed E-state index contributed by atoms with van der Waals surface area (Å²) >= 11 is 1.13. The Morgan fingerprint density at radius 2 is 2.17 bits per heavy atom. The predicted molar refractivity (Wildman–Crippen MR) is 94.9 cm³/mol. The molecule has 1 amide bonds. The van der Waals surface area contributed by atoms with Crippen molar-refractivity contribution in [3.63, 3.8) is 0 Å². The van der Waals surface area contributed by atoms with Crippen LogP contribution in [0.4, 0.5) is 16.4 Å². The van der Waals surface area contributed by atoms with Crippen LogP contribution in [-0.2, 0) is 4.74 Å². The van der Waals surface area contributed by atoms with Crippen molar-refractivity contribution in [2.45, 2.75) is 26.4 Å². The molecule has 0 atom stereocenters. The number of aromatic nitrogens is 2. The molecule has 1 N–H and O–H groups in total. The molecule has 2 rings (SSSR count). The third kappa shape index (κ3) is 5.24. The second kappa shape index (κ2) is 7.31. The van der Waals surface area contributed by atoms with E-state index in [1.165, 1.54) is 0 Å². The summed E-state index contributed by atoms with van der Waals surface area (Å²) in [5, 5.41) is 3.06. The van der Waals surface area contributed by atoms with Crippen LogP contribution in [0.5, 0.6) is 10.9 Å². The fourth-order valence-electron chi connectivity index (χ4n) is 1.63. The van der Waals surface area contributed by atoms with Gasteiger partial charge in [0.2, 0.25) is 5.95 Å². The fourth-order valence-corrected chi connectivity index (χ4v) is 2.21. The zero-order valence-electron chi connectivity index (χ0n) is 14.1. The normalized spacial score (nSPS) is 10.8. The number of carbonyl (C=O) groups excluding carboxylic acids is 1. The first-order chi connectivity index (χ1) is 11.3. The first kappa shape index (κ1) is 17.7. The molecule has 0 spiro atoms. The Balaban J connectivity index is 2.03. The molecule has 1 heterocycles. The second-order valence-electron chi connectivity index (χ2n) is 5.91. The molecular formula is C16H20N4O3S. The minimum Gasteiger partial charge on any atom is -0.444 e. The molecule has 128 valence electrons. The van der Waals surface area contributed by atoms with E-state index in [2.05, 4.69) is 21.3 Å². The van der Waals surface area contributed by atoms with Crippen molar-refractivity contribution in [2.24, 2.45) is 0 Å². The molecule has 1 aromatic carbocycles. The smallest absolute Gasteiger partial charge is 0.412 e. The second-order valence-corrected chi connectivity index (χ2v) is 6.62. The van der Waals surface area contributed by atoms with Gasteiger partial charge in [-0.25, -0.2) is 4.79 Å². The molecule has 24 heavy (non-hydrogen) atoms. The third-order valence-corrected chi connectivity index (χ3v) is 3.26. The molecule has 0 radical (unpaired) electrons. The van der Waals surface area contributed by atoms with Crippen LogP contribution in [0, 0.1) is 0 Å². The summed E-state index contributed by atoms with van der Waals surface area (Å²) in [5.74, 6) is 1.04. The van der Waals surface area contributed by atoms with Gasteiger partial charge in [-0.05, 0) is 39.1 Å². The summed E-state index contributed by atoms with van der Waals surface area (Å²) < 4.78 is 15.0. The zero-order chi connectivity index (χ0) is 17.7. The highest BCUT2D eigenvalue weighted by Gasteiger charge is 2.16. The van der Waals surface area contributed by atoms with Crippen molar-refractivity contribution in [1.82, 2.24) is 9.36 Å². The Kier molecular flexibility index (Phi) is 5.40. The first-order valence-electron chi connectivity index (χ1n) is 7.24. The summed E-state index contributed by atoms with van der Waals surface area (Å²) in [7, 11) is 1.80. The molecule has 8 heteroatoms.